The van der Waals surface area contributed by atoms with Gasteiger partial charge >= 0.3 is 5.97 Å². The largest absolute Gasteiger partial charge is 0.467 e. The van der Waals surface area contributed by atoms with Crippen molar-refractivity contribution in [3.63, 3.8) is 0 Å². The molecule has 0 fully saturated rings. The predicted octanol–water partition coefficient (Wildman–Crippen LogP) is -0.107. The first-order valence-corrected chi connectivity index (χ1v) is 5.86. The molecule has 2 aromatic rings. The van der Waals surface area contributed by atoms with Crippen LogP contribution in [0, 0.1) is 0 Å². The molecule has 104 valence electrons. The summed E-state index contributed by atoms with van der Waals surface area (Å²) < 4.78 is 4.47. The number of benzene rings is 1. The zero-order valence-corrected chi connectivity index (χ0v) is 10.7. The van der Waals surface area contributed by atoms with Gasteiger partial charge in [-0.1, -0.05) is 0 Å². The number of carbonyl (C=O) groups excluding carboxylic acids is 2. The summed E-state index contributed by atoms with van der Waals surface area (Å²) in [6, 6.07) is 3.69. The Kier molecular flexibility index (Phi) is 4.21. The molecule has 2 N–H and O–H groups in total. The SMILES string of the molecule is COC(=O)C(CO)NC(=O)c1ccc2nccnc2c1. The highest BCUT2D eigenvalue weighted by Crippen LogP contribution is 2.11. The van der Waals surface area contributed by atoms with Crippen molar-refractivity contribution >= 4 is 22.9 Å². The molecule has 1 heterocycles. The van der Waals surface area contributed by atoms with E-state index in [0.717, 1.165) is 0 Å². The minimum Gasteiger partial charge on any atom is -0.467 e. The van der Waals surface area contributed by atoms with Crippen LogP contribution in [0.2, 0.25) is 0 Å². The number of aliphatic hydroxyl groups excluding tert-OH is 1. The molecule has 1 aromatic carbocycles. The second-order valence-electron chi connectivity index (χ2n) is 3.99. The van der Waals surface area contributed by atoms with Gasteiger partial charge in [0.15, 0.2) is 6.04 Å². The fourth-order valence-corrected chi connectivity index (χ4v) is 1.67. The highest BCUT2D eigenvalue weighted by molar-refractivity contribution is 5.99. The molecule has 20 heavy (non-hydrogen) atoms. The molecule has 0 aliphatic heterocycles. The van der Waals surface area contributed by atoms with Crippen LogP contribution >= 0.6 is 0 Å². The lowest BCUT2D eigenvalue weighted by molar-refractivity contribution is -0.143. The summed E-state index contributed by atoms with van der Waals surface area (Å²) in [7, 11) is 1.18. The maximum absolute atomic E-state index is 12.0. The van der Waals surface area contributed by atoms with Crippen LogP contribution in [0.4, 0.5) is 0 Å². The number of nitrogens with one attached hydrogen (secondary N) is 1. The van der Waals surface area contributed by atoms with E-state index in [9.17, 15) is 9.59 Å². The number of nitrogens with zero attached hydrogens (tertiary/aromatic N) is 2. The van der Waals surface area contributed by atoms with Crippen LogP contribution < -0.4 is 5.32 Å². The van der Waals surface area contributed by atoms with Gasteiger partial charge in [0.2, 0.25) is 0 Å². The van der Waals surface area contributed by atoms with Crippen molar-refractivity contribution in [3.05, 3.63) is 36.2 Å². The van der Waals surface area contributed by atoms with Crippen molar-refractivity contribution in [1.29, 1.82) is 0 Å². The van der Waals surface area contributed by atoms with Gasteiger partial charge in [-0.15, -0.1) is 0 Å². The summed E-state index contributed by atoms with van der Waals surface area (Å²) in [5.41, 5.74) is 1.55. The first-order chi connectivity index (χ1) is 9.65. The fraction of sp³-hybridized carbons (Fsp3) is 0.231. The summed E-state index contributed by atoms with van der Waals surface area (Å²) in [6.07, 6.45) is 3.08. The summed E-state index contributed by atoms with van der Waals surface area (Å²) in [4.78, 5) is 31.5. The van der Waals surface area contributed by atoms with Crippen LogP contribution in [-0.2, 0) is 9.53 Å². The fourth-order valence-electron chi connectivity index (χ4n) is 1.67. The number of amides is 1. The van der Waals surface area contributed by atoms with E-state index in [4.69, 9.17) is 5.11 Å². The Morgan fingerprint density at radius 2 is 2.00 bits per heavy atom. The van der Waals surface area contributed by atoms with E-state index in [1.165, 1.54) is 13.3 Å². The molecule has 0 spiro atoms. The van der Waals surface area contributed by atoms with E-state index >= 15 is 0 Å². The number of methoxy groups -OCH3 is 1. The van der Waals surface area contributed by atoms with Crippen LogP contribution in [-0.4, -0.2) is 46.7 Å². The minimum absolute atomic E-state index is 0.320. The standard InChI is InChI=1S/C13H13N3O4/c1-20-13(19)11(7-17)16-12(18)8-2-3-9-10(6-8)15-5-4-14-9/h2-6,11,17H,7H2,1H3,(H,16,18). The van der Waals surface area contributed by atoms with Gasteiger partial charge in [0.05, 0.1) is 24.8 Å². The van der Waals surface area contributed by atoms with Crippen LogP contribution in [0.3, 0.4) is 0 Å². The molecule has 0 saturated carbocycles. The van der Waals surface area contributed by atoms with Crippen molar-refractivity contribution in [2.75, 3.05) is 13.7 Å². The van der Waals surface area contributed by atoms with E-state index in [1.807, 2.05) is 0 Å². The van der Waals surface area contributed by atoms with Crippen molar-refractivity contribution in [3.8, 4) is 0 Å². The second kappa shape index (κ2) is 6.07. The number of aromatic nitrogens is 2. The van der Waals surface area contributed by atoms with Crippen LogP contribution in [0.1, 0.15) is 10.4 Å². The summed E-state index contributed by atoms with van der Waals surface area (Å²) in [5, 5.41) is 11.4. The number of fused-ring (bicyclic) bond motifs is 1. The average molecular weight is 275 g/mol. The molecule has 1 aromatic heterocycles. The Morgan fingerprint density at radius 3 is 2.65 bits per heavy atom. The van der Waals surface area contributed by atoms with Crippen molar-refractivity contribution < 1.29 is 19.4 Å². The molecule has 7 heteroatoms. The minimum atomic E-state index is -1.09. The molecule has 1 atom stereocenters. The summed E-state index contributed by atoms with van der Waals surface area (Å²) >= 11 is 0. The number of hydrogen-bond acceptors (Lipinski definition) is 6. The normalized spacial score (nSPS) is 11.9. The zero-order valence-electron chi connectivity index (χ0n) is 10.7. The second-order valence-corrected chi connectivity index (χ2v) is 3.99. The van der Waals surface area contributed by atoms with Crippen molar-refractivity contribution in [2.45, 2.75) is 6.04 Å². The Labute approximate surface area is 114 Å². The first-order valence-electron chi connectivity index (χ1n) is 5.86. The number of hydrogen-bond donors (Lipinski definition) is 2. The number of carbonyl (C=O) groups is 2. The lowest BCUT2D eigenvalue weighted by atomic mass is 10.1. The zero-order chi connectivity index (χ0) is 14.5. The molecule has 0 aliphatic rings. The smallest absolute Gasteiger partial charge is 0.330 e. The van der Waals surface area contributed by atoms with Gasteiger partial charge in [-0.05, 0) is 18.2 Å². The highest BCUT2D eigenvalue weighted by atomic mass is 16.5. The Balaban J connectivity index is 2.20. The van der Waals surface area contributed by atoms with Gasteiger partial charge in [-0.3, -0.25) is 14.8 Å². The van der Waals surface area contributed by atoms with E-state index in [0.29, 0.717) is 16.6 Å². The monoisotopic (exact) mass is 275 g/mol. The van der Waals surface area contributed by atoms with Crippen LogP contribution in [0.25, 0.3) is 11.0 Å². The Hall–Kier alpha value is -2.54. The lowest BCUT2D eigenvalue weighted by Crippen LogP contribution is -2.44. The molecular weight excluding hydrogens is 262 g/mol. The summed E-state index contributed by atoms with van der Waals surface area (Å²) in [5.74, 6) is -1.21. The Bertz CT molecular complexity index is 644. The van der Waals surface area contributed by atoms with Gasteiger partial charge in [0.1, 0.15) is 0 Å². The number of ether oxygens (including phenoxy) is 1. The summed E-state index contributed by atoms with van der Waals surface area (Å²) in [6.45, 7) is -0.536. The van der Waals surface area contributed by atoms with E-state index in [2.05, 4.69) is 20.0 Å². The maximum Gasteiger partial charge on any atom is 0.330 e. The third-order valence-electron chi connectivity index (χ3n) is 2.71. The number of esters is 1. The van der Waals surface area contributed by atoms with Gasteiger partial charge in [0, 0.05) is 18.0 Å². The van der Waals surface area contributed by atoms with Crippen molar-refractivity contribution in [1.82, 2.24) is 15.3 Å². The molecule has 0 aliphatic carbocycles. The number of aliphatic hydroxyl groups is 1. The number of rotatable bonds is 4. The predicted molar refractivity (Wildman–Crippen MR) is 69.9 cm³/mol. The van der Waals surface area contributed by atoms with Gasteiger partial charge in [0.25, 0.3) is 5.91 Å². The molecule has 0 bridgehead atoms. The maximum atomic E-state index is 12.0. The molecule has 7 nitrogen and oxygen atoms in total. The van der Waals surface area contributed by atoms with Gasteiger partial charge in [-0.25, -0.2) is 4.79 Å². The van der Waals surface area contributed by atoms with E-state index in [1.54, 1.807) is 24.4 Å². The van der Waals surface area contributed by atoms with Crippen molar-refractivity contribution in [2.24, 2.45) is 0 Å². The van der Waals surface area contributed by atoms with E-state index < -0.39 is 24.5 Å². The molecule has 2 rings (SSSR count). The molecular formula is C13H13N3O4. The average Bonchev–Trinajstić information content (AvgIpc) is 2.51. The van der Waals surface area contributed by atoms with Crippen LogP contribution in [0.15, 0.2) is 30.6 Å². The highest BCUT2D eigenvalue weighted by Gasteiger charge is 2.21. The third kappa shape index (κ3) is 2.89. The molecule has 1 unspecified atom stereocenters. The lowest BCUT2D eigenvalue weighted by Gasteiger charge is -2.13. The third-order valence-corrected chi connectivity index (χ3v) is 2.71. The van der Waals surface area contributed by atoms with E-state index in [-0.39, 0.29) is 0 Å². The molecule has 0 radical (unpaired) electrons. The topological polar surface area (TPSA) is 101 Å². The Morgan fingerprint density at radius 1 is 1.30 bits per heavy atom. The first kappa shape index (κ1) is 13.9. The molecule has 0 saturated heterocycles. The quantitative estimate of drug-likeness (QED) is 0.755. The van der Waals surface area contributed by atoms with Gasteiger partial charge < -0.3 is 15.2 Å². The molecule has 1 amide bonds. The van der Waals surface area contributed by atoms with Gasteiger partial charge in [-0.2, -0.15) is 0 Å². The van der Waals surface area contributed by atoms with Crippen LogP contribution in [0.5, 0.6) is 0 Å².